The quantitative estimate of drug-likeness (QED) is 0.650. The molecule has 3 rings (SSSR count). The summed E-state index contributed by atoms with van der Waals surface area (Å²) in [5.74, 6) is -0.0701. The number of aliphatic carboxylic acids is 1. The molecule has 1 aromatic rings. The van der Waals surface area contributed by atoms with Crippen molar-refractivity contribution in [3.63, 3.8) is 0 Å². The monoisotopic (exact) mass is 377 g/mol. The Kier molecular flexibility index (Phi) is 6.46. The van der Waals surface area contributed by atoms with Gasteiger partial charge in [-0.3, -0.25) is 9.69 Å². The number of pyridine rings is 1. The number of ether oxygens (including phenoxy) is 1. The van der Waals surface area contributed by atoms with Crippen LogP contribution in [0, 0.1) is 0 Å². The number of carbonyl (C=O) groups excluding carboxylic acids is 1. The zero-order chi connectivity index (χ0) is 19.2. The lowest BCUT2D eigenvalue weighted by Crippen LogP contribution is -2.55. The van der Waals surface area contributed by atoms with Crippen LogP contribution in [-0.4, -0.2) is 78.5 Å². The maximum atomic E-state index is 12.4. The molecule has 0 aromatic carbocycles. The van der Waals surface area contributed by atoms with Crippen LogP contribution in [0.5, 0.6) is 0 Å². The number of amides is 2. The van der Waals surface area contributed by atoms with Crippen LogP contribution >= 0.6 is 0 Å². The number of hydrogen-bond donors (Lipinski definition) is 3. The van der Waals surface area contributed by atoms with Gasteiger partial charge in [0.2, 0.25) is 0 Å². The topological polar surface area (TPSA) is 107 Å². The molecule has 9 heteroatoms. The molecule has 9 nitrogen and oxygen atoms in total. The van der Waals surface area contributed by atoms with Gasteiger partial charge in [0.05, 0.1) is 25.4 Å². The molecule has 2 fully saturated rings. The van der Waals surface area contributed by atoms with Gasteiger partial charge in [0, 0.05) is 31.4 Å². The molecule has 2 heterocycles. The molecule has 0 spiro atoms. The van der Waals surface area contributed by atoms with E-state index < -0.39 is 5.97 Å². The molecule has 1 saturated heterocycles. The van der Waals surface area contributed by atoms with Gasteiger partial charge in [0.1, 0.15) is 0 Å². The van der Waals surface area contributed by atoms with Crippen LogP contribution in [-0.2, 0) is 9.53 Å². The number of morpholine rings is 1. The Balaban J connectivity index is 1.50. The minimum atomic E-state index is -0.821. The lowest BCUT2D eigenvalue weighted by molar-refractivity contribution is -0.139. The smallest absolute Gasteiger partial charge is 0.319 e. The molecular weight excluding hydrogens is 350 g/mol. The molecule has 0 bridgehead atoms. The van der Waals surface area contributed by atoms with E-state index in [0.29, 0.717) is 25.4 Å². The molecule has 0 unspecified atom stereocenters. The number of hydrogen-bond acceptors (Lipinski definition) is 6. The fraction of sp³-hybridized carbons (Fsp3) is 0.611. The van der Waals surface area contributed by atoms with Gasteiger partial charge >= 0.3 is 12.0 Å². The van der Waals surface area contributed by atoms with E-state index in [-0.39, 0.29) is 24.7 Å². The molecular formula is C18H27N5O4. The molecule has 1 aliphatic carbocycles. The van der Waals surface area contributed by atoms with Gasteiger partial charge in [-0.1, -0.05) is 6.92 Å². The van der Waals surface area contributed by atoms with E-state index in [9.17, 15) is 9.59 Å². The second-order valence-electron chi connectivity index (χ2n) is 6.85. The van der Waals surface area contributed by atoms with E-state index in [1.54, 1.807) is 12.3 Å². The summed E-state index contributed by atoms with van der Waals surface area (Å²) in [6.07, 6.45) is 3.24. The van der Waals surface area contributed by atoms with Crippen molar-refractivity contribution in [2.24, 2.45) is 0 Å². The highest BCUT2D eigenvalue weighted by Crippen LogP contribution is 2.27. The van der Waals surface area contributed by atoms with Gasteiger partial charge in [0.25, 0.3) is 0 Å². The van der Waals surface area contributed by atoms with Crippen molar-refractivity contribution in [3.05, 3.63) is 18.3 Å². The summed E-state index contributed by atoms with van der Waals surface area (Å²) in [5.41, 5.74) is 0.675. The highest BCUT2D eigenvalue weighted by molar-refractivity contribution is 5.92. The van der Waals surface area contributed by atoms with Crippen LogP contribution in [0.25, 0.3) is 0 Å². The zero-order valence-corrected chi connectivity index (χ0v) is 15.6. The van der Waals surface area contributed by atoms with E-state index in [2.05, 4.69) is 20.5 Å². The van der Waals surface area contributed by atoms with Crippen molar-refractivity contribution in [3.8, 4) is 0 Å². The average Bonchev–Trinajstić information content (AvgIpc) is 2.63. The van der Waals surface area contributed by atoms with Crippen LogP contribution in [0.3, 0.4) is 0 Å². The van der Waals surface area contributed by atoms with Gasteiger partial charge < -0.3 is 25.4 Å². The summed E-state index contributed by atoms with van der Waals surface area (Å²) >= 11 is 0. The van der Waals surface area contributed by atoms with E-state index in [1.807, 2.05) is 17.9 Å². The summed E-state index contributed by atoms with van der Waals surface area (Å²) in [5, 5.41) is 14.8. The maximum absolute atomic E-state index is 12.4. The Morgan fingerprint density at radius 3 is 2.78 bits per heavy atom. The van der Waals surface area contributed by atoms with Crippen LogP contribution in [0.15, 0.2) is 18.3 Å². The molecule has 1 saturated carbocycles. The average molecular weight is 377 g/mol. The summed E-state index contributed by atoms with van der Waals surface area (Å²) < 4.78 is 5.37. The number of nitrogens with one attached hydrogen (secondary N) is 2. The normalized spacial score (nSPS) is 22.2. The largest absolute Gasteiger partial charge is 0.480 e. The minimum absolute atomic E-state index is 0.0404. The fourth-order valence-electron chi connectivity index (χ4n) is 3.54. The van der Waals surface area contributed by atoms with E-state index in [0.717, 1.165) is 31.7 Å². The lowest BCUT2D eigenvalue weighted by Gasteiger charge is -2.42. The first kappa shape index (κ1) is 19.4. The SMILES string of the molecule is CCN(CC(=O)O)C1CC(NC(=O)Nc2cccnc2N2CCOCC2)C1. The number of likely N-dealkylation sites (N-methyl/N-ethyl adjacent to an activating group) is 1. The van der Waals surface area contributed by atoms with Gasteiger partial charge in [-0.15, -0.1) is 0 Å². The number of rotatable bonds is 7. The molecule has 3 N–H and O–H groups in total. The van der Waals surface area contributed by atoms with E-state index in [1.165, 1.54) is 0 Å². The number of aromatic nitrogens is 1. The Hall–Kier alpha value is -2.39. The predicted octanol–water partition coefficient (Wildman–Crippen LogP) is 0.977. The number of carboxylic acid groups (broad SMARTS) is 1. The van der Waals surface area contributed by atoms with E-state index >= 15 is 0 Å². The number of nitrogens with zero attached hydrogens (tertiary/aromatic N) is 3. The number of carboxylic acids is 1. The standard InChI is InChI=1S/C18H27N5O4/c1-2-22(12-16(24)25)14-10-13(11-14)20-18(26)21-15-4-3-5-19-17(15)23-6-8-27-9-7-23/h3-5,13-14H,2,6-12H2,1H3,(H,24,25)(H2,20,21,26). The molecule has 0 atom stereocenters. The zero-order valence-electron chi connectivity index (χ0n) is 15.6. The maximum Gasteiger partial charge on any atom is 0.319 e. The van der Waals surface area contributed by atoms with Crippen LogP contribution in [0.1, 0.15) is 19.8 Å². The minimum Gasteiger partial charge on any atom is -0.480 e. The highest BCUT2D eigenvalue weighted by atomic mass is 16.5. The number of anilines is 2. The van der Waals surface area contributed by atoms with E-state index in [4.69, 9.17) is 9.84 Å². The summed E-state index contributed by atoms with van der Waals surface area (Å²) in [6, 6.07) is 3.64. The van der Waals surface area contributed by atoms with Crippen molar-refractivity contribution in [2.75, 3.05) is 49.6 Å². The highest BCUT2D eigenvalue weighted by Gasteiger charge is 2.34. The third-order valence-electron chi connectivity index (χ3n) is 5.05. The Morgan fingerprint density at radius 1 is 1.37 bits per heavy atom. The van der Waals surface area contributed by atoms with Crippen LogP contribution in [0.2, 0.25) is 0 Å². The van der Waals surface area contributed by atoms with Gasteiger partial charge in [-0.2, -0.15) is 0 Å². The van der Waals surface area contributed by atoms with Crippen molar-refractivity contribution in [1.82, 2.24) is 15.2 Å². The lowest BCUT2D eigenvalue weighted by atomic mass is 9.85. The molecule has 2 amide bonds. The Labute approximate surface area is 158 Å². The third kappa shape index (κ3) is 5.08. The number of carbonyl (C=O) groups is 2. The Bertz CT molecular complexity index is 659. The first-order valence-electron chi connectivity index (χ1n) is 9.38. The number of urea groups is 1. The molecule has 2 aliphatic rings. The molecule has 27 heavy (non-hydrogen) atoms. The van der Waals surface area contributed by atoms with Crippen LogP contribution in [0.4, 0.5) is 16.3 Å². The van der Waals surface area contributed by atoms with Gasteiger partial charge in [-0.25, -0.2) is 9.78 Å². The van der Waals surface area contributed by atoms with Crippen molar-refractivity contribution in [1.29, 1.82) is 0 Å². The van der Waals surface area contributed by atoms with Crippen molar-refractivity contribution < 1.29 is 19.4 Å². The van der Waals surface area contributed by atoms with Crippen LogP contribution < -0.4 is 15.5 Å². The van der Waals surface area contributed by atoms with Gasteiger partial charge in [0.15, 0.2) is 5.82 Å². The summed E-state index contributed by atoms with van der Waals surface area (Å²) in [7, 11) is 0. The predicted molar refractivity (Wildman–Crippen MR) is 101 cm³/mol. The van der Waals surface area contributed by atoms with Crippen molar-refractivity contribution >= 4 is 23.5 Å². The second-order valence-corrected chi connectivity index (χ2v) is 6.85. The Morgan fingerprint density at radius 2 is 2.11 bits per heavy atom. The molecule has 1 aromatic heterocycles. The third-order valence-corrected chi connectivity index (χ3v) is 5.05. The summed E-state index contributed by atoms with van der Waals surface area (Å²) in [6.45, 7) is 5.47. The molecule has 0 radical (unpaired) electrons. The second kappa shape index (κ2) is 9.01. The molecule has 148 valence electrons. The first-order valence-corrected chi connectivity index (χ1v) is 9.38. The molecule has 1 aliphatic heterocycles. The summed E-state index contributed by atoms with van der Waals surface area (Å²) in [4.78, 5) is 31.7. The fourth-order valence-corrected chi connectivity index (χ4v) is 3.54. The van der Waals surface area contributed by atoms with Gasteiger partial charge in [-0.05, 0) is 31.5 Å². The first-order chi connectivity index (χ1) is 13.1. The van der Waals surface area contributed by atoms with Crippen molar-refractivity contribution in [2.45, 2.75) is 31.8 Å².